The summed E-state index contributed by atoms with van der Waals surface area (Å²) in [6.07, 6.45) is 3.42. The molecule has 0 amide bonds. The average Bonchev–Trinajstić information content (AvgIpc) is 2.89. The summed E-state index contributed by atoms with van der Waals surface area (Å²) in [6.45, 7) is 5.97. The largest absolute Gasteiger partial charge is 0.310 e. The SMILES string of the molecule is CCCn1ncnc1CC(NCC)c1ccc(Cl)c(Cl)c1. The molecule has 0 aliphatic carbocycles. The molecular weight excluding hydrogens is 307 g/mol. The van der Waals surface area contributed by atoms with Crippen LogP contribution in [-0.2, 0) is 13.0 Å². The van der Waals surface area contributed by atoms with Gasteiger partial charge in [0.1, 0.15) is 12.2 Å². The first-order valence-electron chi connectivity index (χ1n) is 7.20. The fourth-order valence-electron chi connectivity index (χ4n) is 2.31. The molecule has 1 aromatic heterocycles. The normalized spacial score (nSPS) is 12.6. The van der Waals surface area contributed by atoms with Crippen molar-refractivity contribution >= 4 is 23.2 Å². The van der Waals surface area contributed by atoms with Gasteiger partial charge in [0, 0.05) is 19.0 Å². The van der Waals surface area contributed by atoms with Crippen molar-refractivity contribution in [1.29, 1.82) is 0 Å². The molecule has 0 saturated heterocycles. The van der Waals surface area contributed by atoms with Crippen molar-refractivity contribution in [2.45, 2.75) is 39.3 Å². The van der Waals surface area contributed by atoms with Gasteiger partial charge in [-0.25, -0.2) is 4.98 Å². The number of benzene rings is 1. The monoisotopic (exact) mass is 326 g/mol. The Morgan fingerprint density at radius 1 is 1.24 bits per heavy atom. The van der Waals surface area contributed by atoms with E-state index in [9.17, 15) is 0 Å². The molecule has 4 nitrogen and oxygen atoms in total. The first-order valence-corrected chi connectivity index (χ1v) is 7.96. The van der Waals surface area contributed by atoms with E-state index < -0.39 is 0 Å². The molecule has 0 saturated carbocycles. The minimum atomic E-state index is 0.143. The molecule has 2 aromatic rings. The van der Waals surface area contributed by atoms with Crippen LogP contribution in [0.1, 0.15) is 37.7 Å². The fourth-order valence-corrected chi connectivity index (χ4v) is 2.62. The number of aryl methyl sites for hydroxylation is 1. The lowest BCUT2D eigenvalue weighted by molar-refractivity contribution is 0.499. The lowest BCUT2D eigenvalue weighted by atomic mass is 10.0. The molecule has 6 heteroatoms. The van der Waals surface area contributed by atoms with Crippen LogP contribution in [0.3, 0.4) is 0 Å². The quantitative estimate of drug-likeness (QED) is 0.839. The maximum absolute atomic E-state index is 6.13. The smallest absolute Gasteiger partial charge is 0.138 e. The van der Waals surface area contributed by atoms with Crippen LogP contribution in [-0.4, -0.2) is 21.3 Å². The first-order chi connectivity index (χ1) is 10.2. The molecule has 0 aliphatic heterocycles. The third-order valence-electron chi connectivity index (χ3n) is 3.31. The lowest BCUT2D eigenvalue weighted by Crippen LogP contribution is -2.24. The summed E-state index contributed by atoms with van der Waals surface area (Å²) in [6, 6.07) is 5.89. The molecule has 0 fully saturated rings. The number of hydrogen-bond donors (Lipinski definition) is 1. The molecule has 0 aliphatic rings. The Kier molecular flexibility index (Phi) is 6.03. The van der Waals surface area contributed by atoms with Gasteiger partial charge in [-0.15, -0.1) is 0 Å². The Labute approximate surface area is 135 Å². The third-order valence-corrected chi connectivity index (χ3v) is 4.05. The van der Waals surface area contributed by atoms with Crippen LogP contribution in [0.4, 0.5) is 0 Å². The zero-order valence-electron chi connectivity index (χ0n) is 12.3. The van der Waals surface area contributed by atoms with Gasteiger partial charge in [-0.3, -0.25) is 4.68 Å². The second-order valence-electron chi connectivity index (χ2n) is 4.89. The number of rotatable bonds is 7. The summed E-state index contributed by atoms with van der Waals surface area (Å²) in [5, 5.41) is 8.90. The molecule has 21 heavy (non-hydrogen) atoms. The summed E-state index contributed by atoms with van der Waals surface area (Å²) in [5.41, 5.74) is 1.11. The van der Waals surface area contributed by atoms with Crippen molar-refractivity contribution in [2.24, 2.45) is 0 Å². The Morgan fingerprint density at radius 2 is 2.05 bits per heavy atom. The van der Waals surface area contributed by atoms with E-state index >= 15 is 0 Å². The minimum Gasteiger partial charge on any atom is -0.310 e. The summed E-state index contributed by atoms with van der Waals surface area (Å²) >= 11 is 12.1. The maximum Gasteiger partial charge on any atom is 0.138 e. The van der Waals surface area contributed by atoms with E-state index in [0.29, 0.717) is 10.0 Å². The predicted octanol–water partition coefficient (Wildman–Crippen LogP) is 3.89. The van der Waals surface area contributed by atoms with Crippen LogP contribution in [0.25, 0.3) is 0 Å². The maximum atomic E-state index is 6.13. The lowest BCUT2D eigenvalue weighted by Gasteiger charge is -2.19. The second kappa shape index (κ2) is 7.78. The Balaban J connectivity index is 2.22. The van der Waals surface area contributed by atoms with E-state index in [1.54, 1.807) is 6.33 Å². The van der Waals surface area contributed by atoms with E-state index in [0.717, 1.165) is 37.3 Å². The summed E-state index contributed by atoms with van der Waals surface area (Å²) in [4.78, 5) is 4.38. The van der Waals surface area contributed by atoms with E-state index in [2.05, 4.69) is 29.2 Å². The van der Waals surface area contributed by atoms with Gasteiger partial charge in [-0.2, -0.15) is 5.10 Å². The van der Waals surface area contributed by atoms with E-state index in [1.165, 1.54) is 0 Å². The van der Waals surface area contributed by atoms with Crippen LogP contribution in [0.5, 0.6) is 0 Å². The Bertz CT molecular complexity index is 583. The summed E-state index contributed by atoms with van der Waals surface area (Å²) in [7, 11) is 0. The number of nitrogens with zero attached hydrogens (tertiary/aromatic N) is 3. The van der Waals surface area contributed by atoms with Gasteiger partial charge >= 0.3 is 0 Å². The number of halogens is 2. The first kappa shape index (κ1) is 16.3. The van der Waals surface area contributed by atoms with E-state index in [4.69, 9.17) is 23.2 Å². The van der Waals surface area contributed by atoms with Crippen molar-refractivity contribution in [3.8, 4) is 0 Å². The molecule has 2 rings (SSSR count). The highest BCUT2D eigenvalue weighted by Crippen LogP contribution is 2.27. The molecule has 1 N–H and O–H groups in total. The fraction of sp³-hybridized carbons (Fsp3) is 0.467. The van der Waals surface area contributed by atoms with Gasteiger partial charge < -0.3 is 5.32 Å². The van der Waals surface area contributed by atoms with Crippen LogP contribution >= 0.6 is 23.2 Å². The standard InChI is InChI=1S/C15H20Cl2N4/c1-3-7-21-15(19-10-20-21)9-14(18-4-2)11-5-6-12(16)13(17)8-11/h5-6,8,10,14,18H,3-4,7,9H2,1-2H3. The van der Waals surface area contributed by atoms with Gasteiger partial charge in [0.15, 0.2) is 0 Å². The van der Waals surface area contributed by atoms with E-state index in [-0.39, 0.29) is 6.04 Å². The van der Waals surface area contributed by atoms with Crippen LogP contribution in [0, 0.1) is 0 Å². The average molecular weight is 327 g/mol. The minimum absolute atomic E-state index is 0.143. The van der Waals surface area contributed by atoms with Crippen LogP contribution in [0.2, 0.25) is 10.0 Å². The molecule has 1 atom stereocenters. The zero-order valence-corrected chi connectivity index (χ0v) is 13.8. The molecule has 1 heterocycles. The molecule has 0 bridgehead atoms. The highest BCUT2D eigenvalue weighted by atomic mass is 35.5. The topological polar surface area (TPSA) is 42.7 Å². The Hall–Kier alpha value is -1.10. The van der Waals surface area contributed by atoms with Crippen molar-refractivity contribution < 1.29 is 0 Å². The summed E-state index contributed by atoms with van der Waals surface area (Å²) < 4.78 is 1.96. The van der Waals surface area contributed by atoms with Gasteiger partial charge in [0.2, 0.25) is 0 Å². The van der Waals surface area contributed by atoms with Crippen molar-refractivity contribution in [1.82, 2.24) is 20.1 Å². The highest BCUT2D eigenvalue weighted by molar-refractivity contribution is 6.42. The highest BCUT2D eigenvalue weighted by Gasteiger charge is 2.16. The number of likely N-dealkylation sites (N-methyl/N-ethyl adjacent to an activating group) is 1. The number of aromatic nitrogens is 3. The van der Waals surface area contributed by atoms with E-state index in [1.807, 2.05) is 22.9 Å². The second-order valence-corrected chi connectivity index (χ2v) is 5.70. The van der Waals surface area contributed by atoms with Gasteiger partial charge in [0.05, 0.1) is 10.0 Å². The number of hydrogen-bond acceptors (Lipinski definition) is 3. The molecule has 0 radical (unpaired) electrons. The predicted molar refractivity (Wildman–Crippen MR) is 86.9 cm³/mol. The van der Waals surface area contributed by atoms with Crippen LogP contribution in [0.15, 0.2) is 24.5 Å². The van der Waals surface area contributed by atoms with Crippen molar-refractivity contribution in [3.05, 3.63) is 46.0 Å². The Morgan fingerprint density at radius 3 is 2.71 bits per heavy atom. The van der Waals surface area contributed by atoms with Crippen LogP contribution < -0.4 is 5.32 Å². The van der Waals surface area contributed by atoms with Gasteiger partial charge in [-0.1, -0.05) is 43.1 Å². The summed E-state index contributed by atoms with van der Waals surface area (Å²) in [5.74, 6) is 0.980. The molecule has 1 aromatic carbocycles. The van der Waals surface area contributed by atoms with Crippen molar-refractivity contribution in [2.75, 3.05) is 6.54 Å². The number of nitrogens with one attached hydrogen (secondary N) is 1. The third kappa shape index (κ3) is 4.19. The molecule has 0 spiro atoms. The molecule has 1 unspecified atom stereocenters. The molecular formula is C15H20Cl2N4. The van der Waals surface area contributed by atoms with Gasteiger partial charge in [-0.05, 0) is 30.7 Å². The molecule has 114 valence electrons. The van der Waals surface area contributed by atoms with Crippen molar-refractivity contribution in [3.63, 3.8) is 0 Å². The van der Waals surface area contributed by atoms with Gasteiger partial charge in [0.25, 0.3) is 0 Å². The zero-order chi connectivity index (χ0) is 15.2.